The SMILES string of the molecule is CCN1CC(C(=O)N(CC(N)=O)CC2CN(C)CCO2)CC1=O. The average molecular weight is 326 g/mol. The zero-order chi connectivity index (χ0) is 17.0. The molecule has 0 aromatic carbocycles. The van der Waals surface area contributed by atoms with Crippen LogP contribution >= 0.6 is 0 Å². The Hall–Kier alpha value is -1.67. The zero-order valence-corrected chi connectivity index (χ0v) is 13.9. The third kappa shape index (κ3) is 4.65. The fraction of sp³-hybridized carbons (Fsp3) is 0.800. The molecule has 8 nitrogen and oxygen atoms in total. The van der Waals surface area contributed by atoms with E-state index in [0.717, 1.165) is 6.54 Å². The van der Waals surface area contributed by atoms with Crippen molar-refractivity contribution in [1.29, 1.82) is 0 Å². The minimum Gasteiger partial charge on any atom is -0.374 e. The number of carbonyl (C=O) groups excluding carboxylic acids is 3. The number of nitrogens with two attached hydrogens (primary N) is 1. The van der Waals surface area contributed by atoms with Crippen molar-refractivity contribution in [1.82, 2.24) is 14.7 Å². The highest BCUT2D eigenvalue weighted by Gasteiger charge is 2.37. The van der Waals surface area contributed by atoms with Gasteiger partial charge in [-0.05, 0) is 14.0 Å². The molecular weight excluding hydrogens is 300 g/mol. The average Bonchev–Trinajstić information content (AvgIpc) is 2.86. The fourth-order valence-corrected chi connectivity index (χ4v) is 3.14. The summed E-state index contributed by atoms with van der Waals surface area (Å²) in [7, 11) is 1.99. The van der Waals surface area contributed by atoms with Gasteiger partial charge in [-0.2, -0.15) is 0 Å². The number of primary amides is 1. The number of ether oxygens (including phenoxy) is 1. The molecule has 0 aromatic heterocycles. The van der Waals surface area contributed by atoms with Gasteiger partial charge in [0.2, 0.25) is 17.7 Å². The van der Waals surface area contributed by atoms with Gasteiger partial charge in [0, 0.05) is 39.1 Å². The molecule has 0 radical (unpaired) electrons. The van der Waals surface area contributed by atoms with Crippen LogP contribution in [-0.4, -0.2) is 91.4 Å². The van der Waals surface area contributed by atoms with Crippen molar-refractivity contribution in [2.45, 2.75) is 19.4 Å². The number of likely N-dealkylation sites (N-methyl/N-ethyl adjacent to an activating group) is 1. The molecule has 0 bridgehead atoms. The minimum absolute atomic E-state index is 0.0153. The van der Waals surface area contributed by atoms with E-state index in [1.54, 1.807) is 4.90 Å². The quantitative estimate of drug-likeness (QED) is 0.641. The lowest BCUT2D eigenvalue weighted by Crippen LogP contribution is -2.50. The maximum atomic E-state index is 12.7. The van der Waals surface area contributed by atoms with Crippen LogP contribution in [0.4, 0.5) is 0 Å². The molecule has 2 rings (SSSR count). The summed E-state index contributed by atoms with van der Waals surface area (Å²) < 4.78 is 5.67. The molecule has 2 atom stereocenters. The molecule has 2 saturated heterocycles. The van der Waals surface area contributed by atoms with Gasteiger partial charge in [-0.1, -0.05) is 0 Å². The molecule has 2 fully saturated rings. The molecule has 0 aromatic rings. The van der Waals surface area contributed by atoms with Crippen LogP contribution in [0.15, 0.2) is 0 Å². The van der Waals surface area contributed by atoms with Crippen LogP contribution in [0.1, 0.15) is 13.3 Å². The van der Waals surface area contributed by atoms with Crippen LogP contribution in [0.3, 0.4) is 0 Å². The number of likely N-dealkylation sites (tertiary alicyclic amines) is 1. The highest BCUT2D eigenvalue weighted by Crippen LogP contribution is 2.20. The normalized spacial score (nSPS) is 25.7. The lowest BCUT2D eigenvalue weighted by atomic mass is 10.1. The van der Waals surface area contributed by atoms with Gasteiger partial charge in [-0.25, -0.2) is 0 Å². The first-order chi connectivity index (χ1) is 10.9. The maximum absolute atomic E-state index is 12.7. The molecule has 130 valence electrons. The van der Waals surface area contributed by atoms with E-state index in [0.29, 0.717) is 32.8 Å². The number of nitrogens with zero attached hydrogens (tertiary/aromatic N) is 3. The van der Waals surface area contributed by atoms with Crippen LogP contribution in [-0.2, 0) is 19.1 Å². The summed E-state index contributed by atoms with van der Waals surface area (Å²) in [5.74, 6) is -1.16. The fourth-order valence-electron chi connectivity index (χ4n) is 3.14. The van der Waals surface area contributed by atoms with E-state index in [2.05, 4.69) is 4.90 Å². The van der Waals surface area contributed by atoms with Gasteiger partial charge in [-0.3, -0.25) is 14.4 Å². The maximum Gasteiger partial charge on any atom is 0.237 e. The van der Waals surface area contributed by atoms with Crippen molar-refractivity contribution >= 4 is 17.7 Å². The van der Waals surface area contributed by atoms with Crippen molar-refractivity contribution in [3.05, 3.63) is 0 Å². The minimum atomic E-state index is -0.556. The molecule has 0 spiro atoms. The topological polar surface area (TPSA) is 96.2 Å². The van der Waals surface area contributed by atoms with Crippen LogP contribution in [0.2, 0.25) is 0 Å². The molecule has 8 heteroatoms. The Morgan fingerprint density at radius 3 is 2.70 bits per heavy atom. The van der Waals surface area contributed by atoms with E-state index in [4.69, 9.17) is 10.5 Å². The predicted octanol–water partition coefficient (Wildman–Crippen LogP) is -1.50. The van der Waals surface area contributed by atoms with Crippen LogP contribution < -0.4 is 5.73 Å². The smallest absolute Gasteiger partial charge is 0.237 e. The predicted molar refractivity (Wildman–Crippen MR) is 83.4 cm³/mol. The molecule has 2 aliphatic heterocycles. The second-order valence-electron chi connectivity index (χ2n) is 6.27. The number of hydrogen-bond donors (Lipinski definition) is 1. The van der Waals surface area contributed by atoms with E-state index in [1.165, 1.54) is 4.90 Å². The highest BCUT2D eigenvalue weighted by atomic mass is 16.5. The monoisotopic (exact) mass is 326 g/mol. The van der Waals surface area contributed by atoms with E-state index in [1.807, 2.05) is 14.0 Å². The van der Waals surface area contributed by atoms with Crippen molar-refractivity contribution in [2.75, 3.05) is 52.9 Å². The summed E-state index contributed by atoms with van der Waals surface area (Å²) in [6, 6.07) is 0. The van der Waals surface area contributed by atoms with Gasteiger partial charge in [0.05, 0.1) is 25.2 Å². The van der Waals surface area contributed by atoms with E-state index in [9.17, 15) is 14.4 Å². The number of morpholine rings is 1. The summed E-state index contributed by atoms with van der Waals surface area (Å²) in [4.78, 5) is 41.1. The number of carbonyl (C=O) groups is 3. The molecule has 2 unspecified atom stereocenters. The Balaban J connectivity index is 2.01. The number of amides is 3. The third-order valence-electron chi connectivity index (χ3n) is 4.37. The lowest BCUT2D eigenvalue weighted by molar-refractivity contribution is -0.141. The number of rotatable bonds is 6. The first-order valence-corrected chi connectivity index (χ1v) is 8.05. The van der Waals surface area contributed by atoms with Gasteiger partial charge in [-0.15, -0.1) is 0 Å². The first-order valence-electron chi connectivity index (χ1n) is 8.05. The van der Waals surface area contributed by atoms with Crippen LogP contribution in [0, 0.1) is 5.92 Å². The summed E-state index contributed by atoms with van der Waals surface area (Å²) in [5.41, 5.74) is 5.28. The molecule has 2 aliphatic rings. The van der Waals surface area contributed by atoms with Crippen molar-refractivity contribution in [3.63, 3.8) is 0 Å². The Kier molecular flexibility index (Phi) is 5.95. The summed E-state index contributed by atoms with van der Waals surface area (Å²) >= 11 is 0. The molecular formula is C15H26N4O4. The van der Waals surface area contributed by atoms with Crippen molar-refractivity contribution in [3.8, 4) is 0 Å². The second-order valence-corrected chi connectivity index (χ2v) is 6.27. The Bertz CT molecular complexity index is 470. The molecule has 3 amide bonds. The van der Waals surface area contributed by atoms with E-state index in [-0.39, 0.29) is 30.9 Å². The van der Waals surface area contributed by atoms with Gasteiger partial charge in [0.15, 0.2) is 0 Å². The molecule has 0 saturated carbocycles. The summed E-state index contributed by atoms with van der Waals surface area (Å²) in [5, 5.41) is 0. The third-order valence-corrected chi connectivity index (χ3v) is 4.37. The van der Waals surface area contributed by atoms with Gasteiger partial charge >= 0.3 is 0 Å². The largest absolute Gasteiger partial charge is 0.374 e. The Morgan fingerprint density at radius 2 is 2.13 bits per heavy atom. The molecule has 23 heavy (non-hydrogen) atoms. The Morgan fingerprint density at radius 1 is 1.39 bits per heavy atom. The molecule has 2 heterocycles. The van der Waals surface area contributed by atoms with Crippen molar-refractivity contribution < 1.29 is 19.1 Å². The lowest BCUT2D eigenvalue weighted by Gasteiger charge is -2.34. The Labute approximate surface area is 136 Å². The first kappa shape index (κ1) is 17.7. The van der Waals surface area contributed by atoms with Crippen molar-refractivity contribution in [2.24, 2.45) is 11.7 Å². The van der Waals surface area contributed by atoms with Gasteiger partial charge in [0.25, 0.3) is 0 Å². The standard InChI is InChI=1S/C15H26N4O4/c1-3-18-7-11(6-14(18)21)15(22)19(10-13(16)20)9-12-8-17(2)4-5-23-12/h11-12H,3-10H2,1-2H3,(H2,16,20). The van der Waals surface area contributed by atoms with Gasteiger partial charge < -0.3 is 25.2 Å². The summed E-state index contributed by atoms with van der Waals surface area (Å²) in [6.45, 7) is 5.23. The zero-order valence-electron chi connectivity index (χ0n) is 13.9. The highest BCUT2D eigenvalue weighted by molar-refractivity contribution is 5.91. The molecule has 2 N–H and O–H groups in total. The molecule has 0 aliphatic carbocycles. The van der Waals surface area contributed by atoms with E-state index >= 15 is 0 Å². The van der Waals surface area contributed by atoms with E-state index < -0.39 is 11.8 Å². The number of hydrogen-bond acceptors (Lipinski definition) is 5. The van der Waals surface area contributed by atoms with Crippen LogP contribution in [0.5, 0.6) is 0 Å². The van der Waals surface area contributed by atoms with Gasteiger partial charge in [0.1, 0.15) is 0 Å². The summed E-state index contributed by atoms with van der Waals surface area (Å²) in [6.07, 6.45) is 0.0596. The van der Waals surface area contributed by atoms with Crippen LogP contribution in [0.25, 0.3) is 0 Å². The second kappa shape index (κ2) is 7.74.